The number of hydrogen-bond acceptors (Lipinski definition) is 3. The maximum atomic E-state index is 10.7. The van der Waals surface area contributed by atoms with Gasteiger partial charge in [-0.3, -0.25) is 4.90 Å². The summed E-state index contributed by atoms with van der Waals surface area (Å²) in [7, 11) is 1.60. The molecule has 0 aliphatic carbocycles. The molecule has 0 spiro atoms. The summed E-state index contributed by atoms with van der Waals surface area (Å²) in [5.41, 5.74) is 0.815. The zero-order valence-electron chi connectivity index (χ0n) is 11.9. The fourth-order valence-corrected chi connectivity index (χ4v) is 3.10. The van der Waals surface area contributed by atoms with E-state index in [1.54, 1.807) is 13.2 Å². The number of nitrogens with zero attached hydrogens (tertiary/aromatic N) is 1. The summed E-state index contributed by atoms with van der Waals surface area (Å²) >= 11 is 6.09. The van der Waals surface area contributed by atoms with Crippen LogP contribution in [0.5, 0.6) is 5.75 Å². The lowest BCUT2D eigenvalue weighted by Gasteiger charge is -2.38. The number of ether oxygens (including phenoxy) is 1. The third-order valence-electron chi connectivity index (χ3n) is 3.86. The highest BCUT2D eigenvalue weighted by atomic mass is 35.5. The van der Waals surface area contributed by atoms with Gasteiger partial charge in [-0.25, -0.2) is 0 Å². The smallest absolute Gasteiger partial charge is 0.120 e. The van der Waals surface area contributed by atoms with E-state index >= 15 is 0 Å². The average Bonchev–Trinajstić information content (AvgIpc) is 2.46. The van der Waals surface area contributed by atoms with E-state index in [2.05, 4.69) is 11.5 Å². The van der Waals surface area contributed by atoms with Crippen LogP contribution < -0.4 is 4.74 Å². The zero-order valence-corrected chi connectivity index (χ0v) is 12.6. The van der Waals surface area contributed by atoms with Crippen molar-refractivity contribution in [2.24, 2.45) is 0 Å². The first-order chi connectivity index (χ1) is 9.65. The number of benzene rings is 1. The quantitative estimate of drug-likeness (QED) is 0.845. The fraction of sp³-hybridized carbons (Fsp3) is 0.500. The van der Waals surface area contributed by atoms with Crippen LogP contribution in [0.4, 0.5) is 0 Å². The Bertz CT molecular complexity index is 464. The molecule has 1 fully saturated rings. The van der Waals surface area contributed by atoms with Gasteiger partial charge in [0.1, 0.15) is 5.75 Å². The standard InChI is InChI=1S/C16H22ClNO2/c1-3-7-18-8-5-4-6-15(18)16(19)12-9-13(17)11-14(10-12)20-2/h3,9-11,15-16,19H,1,4-8H2,2H3/t15-,16?/m1/s1. The predicted molar refractivity (Wildman–Crippen MR) is 82.4 cm³/mol. The number of methoxy groups -OCH3 is 1. The van der Waals surface area contributed by atoms with Gasteiger partial charge in [0.15, 0.2) is 0 Å². The third kappa shape index (κ3) is 3.54. The molecule has 0 radical (unpaired) electrons. The van der Waals surface area contributed by atoms with Gasteiger partial charge in [-0.2, -0.15) is 0 Å². The van der Waals surface area contributed by atoms with E-state index in [9.17, 15) is 5.11 Å². The van der Waals surface area contributed by atoms with E-state index in [-0.39, 0.29) is 6.04 Å². The SMILES string of the molecule is C=CCN1CCCC[C@@H]1C(O)c1cc(Cl)cc(OC)c1. The Kier molecular flexibility index (Phi) is 5.46. The lowest BCUT2D eigenvalue weighted by molar-refractivity contribution is 0.0316. The summed E-state index contributed by atoms with van der Waals surface area (Å²) in [5, 5.41) is 11.3. The van der Waals surface area contributed by atoms with Crippen molar-refractivity contribution in [1.82, 2.24) is 4.90 Å². The third-order valence-corrected chi connectivity index (χ3v) is 4.08. The van der Waals surface area contributed by atoms with Crippen LogP contribution in [0.3, 0.4) is 0 Å². The highest BCUT2D eigenvalue weighted by molar-refractivity contribution is 6.30. The molecule has 1 heterocycles. The highest BCUT2D eigenvalue weighted by Gasteiger charge is 2.29. The van der Waals surface area contributed by atoms with Gasteiger partial charge in [0.2, 0.25) is 0 Å². The molecule has 0 aromatic heterocycles. The molecule has 1 saturated heterocycles. The molecule has 2 atom stereocenters. The van der Waals surface area contributed by atoms with Gasteiger partial charge >= 0.3 is 0 Å². The van der Waals surface area contributed by atoms with Crippen LogP contribution in [0.15, 0.2) is 30.9 Å². The number of hydrogen-bond donors (Lipinski definition) is 1. The Labute approximate surface area is 125 Å². The van der Waals surface area contributed by atoms with Gasteiger partial charge in [-0.15, -0.1) is 6.58 Å². The molecule has 1 unspecified atom stereocenters. The Morgan fingerprint density at radius 1 is 1.50 bits per heavy atom. The molecule has 2 rings (SSSR count). The van der Waals surface area contributed by atoms with Crippen molar-refractivity contribution in [3.8, 4) is 5.75 Å². The van der Waals surface area contributed by atoms with E-state index < -0.39 is 6.10 Å². The average molecular weight is 296 g/mol. The van der Waals surface area contributed by atoms with E-state index in [0.717, 1.165) is 31.5 Å². The van der Waals surface area contributed by atoms with Crippen molar-refractivity contribution in [3.63, 3.8) is 0 Å². The number of rotatable bonds is 5. The summed E-state index contributed by atoms with van der Waals surface area (Å²) in [4.78, 5) is 2.29. The second-order valence-electron chi connectivity index (χ2n) is 5.22. The zero-order chi connectivity index (χ0) is 14.5. The molecule has 1 aromatic carbocycles. The number of halogens is 1. The maximum absolute atomic E-state index is 10.7. The normalized spacial score (nSPS) is 21.4. The Hall–Kier alpha value is -1.03. The molecule has 3 nitrogen and oxygen atoms in total. The first-order valence-electron chi connectivity index (χ1n) is 7.03. The van der Waals surface area contributed by atoms with Gasteiger partial charge in [0.05, 0.1) is 13.2 Å². The number of piperidine rings is 1. The van der Waals surface area contributed by atoms with Crippen LogP contribution in [0.25, 0.3) is 0 Å². The molecule has 1 aromatic rings. The summed E-state index contributed by atoms with van der Waals surface area (Å²) in [6.07, 6.45) is 4.65. The monoisotopic (exact) mass is 295 g/mol. The summed E-state index contributed by atoms with van der Waals surface area (Å²) in [5.74, 6) is 0.678. The Balaban J connectivity index is 2.21. The lowest BCUT2D eigenvalue weighted by atomic mass is 9.93. The second-order valence-corrected chi connectivity index (χ2v) is 5.65. The van der Waals surface area contributed by atoms with Crippen LogP contribution >= 0.6 is 11.6 Å². The van der Waals surface area contributed by atoms with Crippen LogP contribution in [-0.2, 0) is 0 Å². The summed E-state index contributed by atoms with van der Waals surface area (Å²) < 4.78 is 5.22. The minimum atomic E-state index is -0.553. The molecular formula is C16H22ClNO2. The molecule has 4 heteroatoms. The van der Waals surface area contributed by atoms with Gasteiger partial charge in [-0.1, -0.05) is 24.1 Å². The second kappa shape index (κ2) is 7.11. The van der Waals surface area contributed by atoms with Gasteiger partial charge in [-0.05, 0) is 43.1 Å². The predicted octanol–water partition coefficient (Wildman–Crippen LogP) is 3.42. The van der Waals surface area contributed by atoms with Crippen molar-refractivity contribution in [2.45, 2.75) is 31.4 Å². The van der Waals surface area contributed by atoms with Crippen LogP contribution in [0, 0.1) is 0 Å². The maximum Gasteiger partial charge on any atom is 0.120 e. The molecule has 0 bridgehead atoms. The van der Waals surface area contributed by atoms with Crippen molar-refractivity contribution < 1.29 is 9.84 Å². The molecule has 110 valence electrons. The largest absolute Gasteiger partial charge is 0.497 e. The lowest BCUT2D eigenvalue weighted by Crippen LogP contribution is -2.43. The minimum Gasteiger partial charge on any atom is -0.497 e. The molecule has 1 N–H and O–H groups in total. The van der Waals surface area contributed by atoms with Gasteiger partial charge in [0.25, 0.3) is 0 Å². The Morgan fingerprint density at radius 3 is 3.00 bits per heavy atom. The first-order valence-corrected chi connectivity index (χ1v) is 7.41. The molecule has 1 aliphatic rings. The van der Waals surface area contributed by atoms with E-state index in [1.165, 1.54) is 6.42 Å². The first kappa shape index (κ1) is 15.4. The van der Waals surface area contributed by atoms with Crippen LogP contribution in [0.2, 0.25) is 5.02 Å². The van der Waals surface area contributed by atoms with Crippen LogP contribution in [0.1, 0.15) is 30.9 Å². The number of aliphatic hydroxyl groups excluding tert-OH is 1. The Morgan fingerprint density at radius 2 is 2.30 bits per heavy atom. The molecule has 20 heavy (non-hydrogen) atoms. The number of aliphatic hydroxyl groups is 1. The molecule has 1 aliphatic heterocycles. The highest BCUT2D eigenvalue weighted by Crippen LogP contribution is 2.32. The number of likely N-dealkylation sites (tertiary alicyclic amines) is 1. The minimum absolute atomic E-state index is 0.116. The van der Waals surface area contributed by atoms with Crippen LogP contribution in [-0.4, -0.2) is 36.2 Å². The van der Waals surface area contributed by atoms with Crippen molar-refractivity contribution in [3.05, 3.63) is 41.4 Å². The van der Waals surface area contributed by atoms with Crippen molar-refractivity contribution in [2.75, 3.05) is 20.2 Å². The fourth-order valence-electron chi connectivity index (χ4n) is 2.86. The topological polar surface area (TPSA) is 32.7 Å². The van der Waals surface area contributed by atoms with E-state index in [4.69, 9.17) is 16.3 Å². The molecule has 0 saturated carbocycles. The van der Waals surface area contributed by atoms with Crippen molar-refractivity contribution >= 4 is 11.6 Å². The van der Waals surface area contributed by atoms with E-state index in [1.807, 2.05) is 18.2 Å². The van der Waals surface area contributed by atoms with E-state index in [0.29, 0.717) is 10.8 Å². The summed E-state index contributed by atoms with van der Waals surface area (Å²) in [6.45, 7) is 5.61. The molecular weight excluding hydrogens is 274 g/mol. The van der Waals surface area contributed by atoms with Crippen molar-refractivity contribution in [1.29, 1.82) is 0 Å². The van der Waals surface area contributed by atoms with Gasteiger partial charge < -0.3 is 9.84 Å². The molecule has 0 amide bonds. The summed E-state index contributed by atoms with van der Waals surface area (Å²) in [6, 6.07) is 5.54. The van der Waals surface area contributed by atoms with Gasteiger partial charge in [0, 0.05) is 17.6 Å².